The van der Waals surface area contributed by atoms with E-state index in [4.69, 9.17) is 34.7 Å². The van der Waals surface area contributed by atoms with Crippen LogP contribution in [0.5, 0.6) is 0 Å². The molecule has 1 aliphatic rings. The highest BCUT2D eigenvalue weighted by atomic mass is 35.5. The predicted octanol–water partition coefficient (Wildman–Crippen LogP) is 2.61. The number of hydrogen-bond acceptors (Lipinski definition) is 4. The van der Waals surface area contributed by atoms with Gasteiger partial charge in [-0.2, -0.15) is 0 Å². The van der Waals surface area contributed by atoms with E-state index >= 15 is 0 Å². The Kier molecular flexibility index (Phi) is 6.75. The molecule has 1 aliphatic heterocycles. The second-order valence-electron chi connectivity index (χ2n) is 6.03. The van der Waals surface area contributed by atoms with Crippen LogP contribution in [0.3, 0.4) is 0 Å². The molecular weight excluding hydrogens is 425 g/mol. The van der Waals surface area contributed by atoms with Gasteiger partial charge < -0.3 is 21.5 Å². The molecule has 0 bridgehead atoms. The summed E-state index contributed by atoms with van der Waals surface area (Å²) in [7, 11) is 0. The number of hydrogen-bond donors (Lipinski definition) is 3. The Labute approximate surface area is 178 Å². The molecule has 5 N–H and O–H groups in total. The Balaban J connectivity index is 0.00000280. The maximum absolute atomic E-state index is 13.2. The van der Waals surface area contributed by atoms with Crippen LogP contribution >= 0.6 is 35.6 Å². The fourth-order valence-electron chi connectivity index (χ4n) is 3.18. The average Bonchev–Trinajstić information content (AvgIpc) is 2.85. The Hall–Kier alpha value is -2.09. The van der Waals surface area contributed by atoms with Crippen molar-refractivity contribution in [3.05, 3.63) is 75.3 Å². The van der Waals surface area contributed by atoms with Crippen LogP contribution in [-0.4, -0.2) is 30.0 Å². The van der Waals surface area contributed by atoms with E-state index in [0.29, 0.717) is 12.2 Å². The lowest BCUT2D eigenvalue weighted by molar-refractivity contribution is -0.132. The molecule has 2 amide bonds. The summed E-state index contributed by atoms with van der Waals surface area (Å²) in [5.41, 5.74) is 9.53. The smallest absolute Gasteiger partial charge is 0.268 e. The van der Waals surface area contributed by atoms with Gasteiger partial charge in [-0.25, -0.2) is 0 Å². The number of benzene rings is 2. The Bertz CT molecular complexity index is 965. The Morgan fingerprint density at radius 2 is 1.86 bits per heavy atom. The quantitative estimate of drug-likeness (QED) is 0.618. The fraction of sp³-hybridized carbons (Fsp3) is 0.158. The van der Waals surface area contributed by atoms with E-state index in [1.165, 1.54) is 17.0 Å². The summed E-state index contributed by atoms with van der Waals surface area (Å²) < 4.78 is 0. The number of carbonyl (C=O) groups is 2. The molecule has 0 saturated carbocycles. The van der Waals surface area contributed by atoms with Gasteiger partial charge in [0, 0.05) is 34.8 Å². The fourth-order valence-corrected chi connectivity index (χ4v) is 3.80. The van der Waals surface area contributed by atoms with Crippen molar-refractivity contribution in [2.75, 3.05) is 18.0 Å². The van der Waals surface area contributed by atoms with Crippen LogP contribution in [-0.2, 0) is 10.4 Å². The van der Waals surface area contributed by atoms with E-state index in [1.807, 2.05) is 0 Å². The highest BCUT2D eigenvalue weighted by Crippen LogP contribution is 2.49. The number of nitrogens with zero attached hydrogens (tertiary/aromatic N) is 1. The highest BCUT2D eigenvalue weighted by molar-refractivity contribution is 6.35. The molecule has 28 heavy (non-hydrogen) atoms. The van der Waals surface area contributed by atoms with Crippen molar-refractivity contribution in [3.63, 3.8) is 0 Å². The number of anilines is 1. The standard InChI is InChI=1S/C19H17Cl2N3O3.ClH/c20-13-6-2-1-5-12(13)19(27)16-14(21)9-11(17(23)25)10-15(16)24(18(19)26)8-4-3-7-22;/h1-6,9-10,27H,7-8,22H2,(H2,23,25);1H. The van der Waals surface area contributed by atoms with E-state index in [1.54, 1.807) is 36.4 Å². The summed E-state index contributed by atoms with van der Waals surface area (Å²) in [6.45, 7) is 0.431. The molecule has 0 radical (unpaired) electrons. The molecule has 9 heteroatoms. The first kappa shape index (κ1) is 22.2. The number of amides is 2. The summed E-state index contributed by atoms with van der Waals surface area (Å²) in [6, 6.07) is 9.25. The van der Waals surface area contributed by atoms with E-state index < -0.39 is 17.4 Å². The van der Waals surface area contributed by atoms with Gasteiger partial charge in [0.2, 0.25) is 5.91 Å². The third-order valence-corrected chi connectivity index (χ3v) is 5.04. The van der Waals surface area contributed by atoms with E-state index in [2.05, 4.69) is 0 Å². The number of rotatable bonds is 5. The maximum atomic E-state index is 13.2. The van der Waals surface area contributed by atoms with Crippen molar-refractivity contribution in [1.29, 1.82) is 0 Å². The van der Waals surface area contributed by atoms with E-state index in [9.17, 15) is 14.7 Å². The molecule has 0 fully saturated rings. The van der Waals surface area contributed by atoms with Gasteiger partial charge in [0.15, 0.2) is 5.60 Å². The molecule has 2 aromatic rings. The Morgan fingerprint density at radius 1 is 1.18 bits per heavy atom. The molecule has 6 nitrogen and oxygen atoms in total. The minimum atomic E-state index is -2.09. The molecule has 1 unspecified atom stereocenters. The number of halogens is 3. The number of aliphatic hydroxyl groups is 1. The zero-order chi connectivity index (χ0) is 19.8. The van der Waals surface area contributed by atoms with Crippen molar-refractivity contribution in [2.24, 2.45) is 11.5 Å². The van der Waals surface area contributed by atoms with Crippen molar-refractivity contribution in [3.8, 4) is 0 Å². The maximum Gasteiger partial charge on any atom is 0.268 e. The monoisotopic (exact) mass is 441 g/mol. The number of nitrogens with two attached hydrogens (primary N) is 2. The van der Waals surface area contributed by atoms with Gasteiger partial charge in [0.1, 0.15) is 0 Å². The first-order valence-corrected chi connectivity index (χ1v) is 8.86. The minimum Gasteiger partial charge on any atom is -0.372 e. The van der Waals surface area contributed by atoms with Crippen molar-refractivity contribution in [1.82, 2.24) is 0 Å². The normalized spacial score (nSPS) is 18.3. The zero-order valence-corrected chi connectivity index (χ0v) is 16.9. The van der Waals surface area contributed by atoms with E-state index in [-0.39, 0.29) is 45.7 Å². The van der Waals surface area contributed by atoms with Crippen LogP contribution in [0.15, 0.2) is 48.6 Å². The van der Waals surface area contributed by atoms with Crippen molar-refractivity contribution in [2.45, 2.75) is 5.60 Å². The van der Waals surface area contributed by atoms with Gasteiger partial charge in [0.25, 0.3) is 5.91 Å². The van der Waals surface area contributed by atoms with Crippen LogP contribution in [0.25, 0.3) is 0 Å². The molecule has 0 saturated heterocycles. The minimum absolute atomic E-state index is 0. The molecule has 148 valence electrons. The molecule has 2 aromatic carbocycles. The van der Waals surface area contributed by atoms with Crippen LogP contribution in [0.2, 0.25) is 10.0 Å². The van der Waals surface area contributed by atoms with Gasteiger partial charge >= 0.3 is 0 Å². The predicted molar refractivity (Wildman–Crippen MR) is 112 cm³/mol. The van der Waals surface area contributed by atoms with E-state index in [0.717, 1.165) is 0 Å². The molecule has 0 aromatic heterocycles. The van der Waals surface area contributed by atoms with Crippen LogP contribution in [0, 0.1) is 0 Å². The summed E-state index contributed by atoms with van der Waals surface area (Å²) >= 11 is 12.6. The molecular formula is C19H18Cl3N3O3. The SMILES string of the molecule is Cl.NCC=CCN1C(=O)C(O)(c2ccccc2Cl)c2c(Cl)cc(C(N)=O)cc21. The van der Waals surface area contributed by atoms with Gasteiger partial charge in [-0.05, 0) is 18.2 Å². The number of carbonyl (C=O) groups excluding carboxylic acids is 2. The molecule has 0 spiro atoms. The lowest BCUT2D eigenvalue weighted by Gasteiger charge is -2.24. The Morgan fingerprint density at radius 3 is 2.46 bits per heavy atom. The van der Waals surface area contributed by atoms with Crippen LogP contribution in [0.4, 0.5) is 5.69 Å². The third-order valence-electron chi connectivity index (χ3n) is 4.42. The largest absolute Gasteiger partial charge is 0.372 e. The lowest BCUT2D eigenvalue weighted by atomic mass is 9.87. The second kappa shape index (κ2) is 8.51. The van der Waals surface area contributed by atoms with Gasteiger partial charge in [-0.1, -0.05) is 53.6 Å². The molecule has 1 atom stereocenters. The first-order chi connectivity index (χ1) is 12.8. The number of fused-ring (bicyclic) bond motifs is 1. The molecule has 1 heterocycles. The second-order valence-corrected chi connectivity index (χ2v) is 6.84. The summed E-state index contributed by atoms with van der Waals surface area (Å²) in [5, 5.41) is 11.7. The molecule has 0 aliphatic carbocycles. The number of primary amides is 1. The van der Waals surface area contributed by atoms with Crippen LogP contribution in [0.1, 0.15) is 21.5 Å². The zero-order valence-electron chi connectivity index (χ0n) is 14.6. The van der Waals surface area contributed by atoms with Crippen molar-refractivity contribution >= 4 is 53.1 Å². The summed E-state index contributed by atoms with van der Waals surface area (Å²) in [5.74, 6) is -1.33. The first-order valence-electron chi connectivity index (χ1n) is 8.10. The molecule has 3 rings (SSSR count). The van der Waals surface area contributed by atoms with Crippen LogP contribution < -0.4 is 16.4 Å². The summed E-state index contributed by atoms with van der Waals surface area (Å²) in [4.78, 5) is 26.2. The lowest BCUT2D eigenvalue weighted by Crippen LogP contribution is -2.41. The average molecular weight is 443 g/mol. The highest BCUT2D eigenvalue weighted by Gasteiger charge is 2.53. The van der Waals surface area contributed by atoms with Gasteiger partial charge in [-0.3, -0.25) is 9.59 Å². The van der Waals surface area contributed by atoms with Gasteiger partial charge in [0.05, 0.1) is 10.7 Å². The third kappa shape index (κ3) is 3.50. The van der Waals surface area contributed by atoms with Gasteiger partial charge in [-0.15, -0.1) is 12.4 Å². The summed E-state index contributed by atoms with van der Waals surface area (Å²) in [6.07, 6.45) is 3.37. The topological polar surface area (TPSA) is 110 Å². The van der Waals surface area contributed by atoms with Crippen molar-refractivity contribution < 1.29 is 14.7 Å².